The van der Waals surface area contributed by atoms with Crippen molar-refractivity contribution in [3.8, 4) is 0 Å². The van der Waals surface area contributed by atoms with Crippen LogP contribution in [-0.4, -0.2) is 24.8 Å². The van der Waals surface area contributed by atoms with Gasteiger partial charge in [0.2, 0.25) is 0 Å². The molecule has 0 aliphatic carbocycles. The Morgan fingerprint density at radius 2 is 2.19 bits per heavy atom. The lowest BCUT2D eigenvalue weighted by Gasteiger charge is -2.12. The molecule has 1 aromatic carbocycles. The van der Waals surface area contributed by atoms with Crippen molar-refractivity contribution in [2.45, 2.75) is 26.7 Å². The van der Waals surface area contributed by atoms with E-state index in [0.29, 0.717) is 5.92 Å². The van der Waals surface area contributed by atoms with E-state index in [0.717, 1.165) is 25.9 Å². The zero-order valence-corrected chi connectivity index (χ0v) is 10.4. The van der Waals surface area contributed by atoms with E-state index in [1.807, 2.05) is 0 Å². The minimum atomic E-state index is 0.286. The van der Waals surface area contributed by atoms with E-state index in [4.69, 9.17) is 5.11 Å². The first-order valence-corrected chi connectivity index (χ1v) is 6.13. The Labute approximate surface area is 98.7 Å². The number of aliphatic hydroxyl groups excluding tert-OH is 1. The first-order valence-electron chi connectivity index (χ1n) is 6.13. The van der Waals surface area contributed by atoms with E-state index in [-0.39, 0.29) is 6.61 Å². The number of rotatable bonds is 7. The van der Waals surface area contributed by atoms with Gasteiger partial charge in [0.25, 0.3) is 0 Å². The summed E-state index contributed by atoms with van der Waals surface area (Å²) in [5, 5.41) is 12.4. The molecule has 90 valence electrons. The smallest absolute Gasteiger partial charge is 0.0471 e. The Bertz CT molecular complexity index is 295. The summed E-state index contributed by atoms with van der Waals surface area (Å²) in [6.07, 6.45) is 2.09. The number of benzene rings is 1. The normalized spacial score (nSPS) is 12.7. The summed E-state index contributed by atoms with van der Waals surface area (Å²) in [6, 6.07) is 8.62. The molecule has 0 bridgehead atoms. The van der Waals surface area contributed by atoms with Crippen molar-refractivity contribution in [2.24, 2.45) is 5.92 Å². The monoisotopic (exact) mass is 221 g/mol. The molecule has 0 spiro atoms. The van der Waals surface area contributed by atoms with Crippen LogP contribution in [0.3, 0.4) is 0 Å². The molecule has 0 amide bonds. The standard InChI is InChI=1S/C14H23NO/c1-3-13(11-16)10-15-8-7-14-6-4-5-12(2)9-14/h4-6,9,13,15-16H,3,7-8,10-11H2,1-2H3. The molecule has 0 aromatic heterocycles. The summed E-state index contributed by atoms with van der Waals surface area (Å²) in [5.74, 6) is 0.400. The second kappa shape index (κ2) is 7.42. The fraction of sp³-hybridized carbons (Fsp3) is 0.571. The molecule has 0 saturated carbocycles. The first kappa shape index (κ1) is 13.2. The van der Waals surface area contributed by atoms with Gasteiger partial charge >= 0.3 is 0 Å². The molecule has 1 atom stereocenters. The van der Waals surface area contributed by atoms with Crippen LogP contribution in [0.5, 0.6) is 0 Å². The molecule has 2 heteroatoms. The van der Waals surface area contributed by atoms with Gasteiger partial charge in [-0.2, -0.15) is 0 Å². The second-order valence-corrected chi connectivity index (χ2v) is 4.40. The number of hydrogen-bond acceptors (Lipinski definition) is 2. The molecule has 0 saturated heterocycles. The van der Waals surface area contributed by atoms with Crippen LogP contribution in [0.1, 0.15) is 24.5 Å². The molecule has 1 aromatic rings. The highest BCUT2D eigenvalue weighted by molar-refractivity contribution is 5.22. The van der Waals surface area contributed by atoms with Crippen molar-refractivity contribution in [2.75, 3.05) is 19.7 Å². The molecule has 2 nitrogen and oxygen atoms in total. The fourth-order valence-corrected chi connectivity index (χ4v) is 1.74. The lowest BCUT2D eigenvalue weighted by molar-refractivity contribution is 0.219. The van der Waals surface area contributed by atoms with E-state index in [1.165, 1.54) is 11.1 Å². The van der Waals surface area contributed by atoms with Gasteiger partial charge in [-0.25, -0.2) is 0 Å². The zero-order valence-electron chi connectivity index (χ0n) is 10.4. The highest BCUT2D eigenvalue weighted by atomic mass is 16.3. The van der Waals surface area contributed by atoms with E-state index in [9.17, 15) is 0 Å². The molecular weight excluding hydrogens is 198 g/mol. The lowest BCUT2D eigenvalue weighted by atomic mass is 10.1. The van der Waals surface area contributed by atoms with Gasteiger partial charge in [-0.3, -0.25) is 0 Å². The quantitative estimate of drug-likeness (QED) is 0.691. The third-order valence-corrected chi connectivity index (χ3v) is 2.94. The SMILES string of the molecule is CCC(CO)CNCCc1cccc(C)c1. The molecule has 0 fully saturated rings. The Morgan fingerprint density at radius 1 is 1.38 bits per heavy atom. The Hall–Kier alpha value is -0.860. The van der Waals surface area contributed by atoms with Crippen LogP contribution in [0.25, 0.3) is 0 Å². The van der Waals surface area contributed by atoms with Gasteiger partial charge < -0.3 is 10.4 Å². The highest BCUT2D eigenvalue weighted by Gasteiger charge is 2.02. The summed E-state index contributed by atoms with van der Waals surface area (Å²) in [4.78, 5) is 0. The minimum Gasteiger partial charge on any atom is -0.396 e. The van der Waals surface area contributed by atoms with Crippen LogP contribution in [-0.2, 0) is 6.42 Å². The molecule has 0 aliphatic heterocycles. The van der Waals surface area contributed by atoms with Crippen molar-refractivity contribution < 1.29 is 5.11 Å². The summed E-state index contributed by atoms with van der Waals surface area (Å²) >= 11 is 0. The maximum absolute atomic E-state index is 9.04. The third-order valence-electron chi connectivity index (χ3n) is 2.94. The minimum absolute atomic E-state index is 0.286. The highest BCUT2D eigenvalue weighted by Crippen LogP contribution is 2.04. The van der Waals surface area contributed by atoms with Gasteiger partial charge in [0.05, 0.1) is 0 Å². The number of hydrogen-bond donors (Lipinski definition) is 2. The maximum Gasteiger partial charge on any atom is 0.0471 e. The Kier molecular flexibility index (Phi) is 6.12. The summed E-state index contributed by atoms with van der Waals surface area (Å²) in [7, 11) is 0. The largest absolute Gasteiger partial charge is 0.396 e. The van der Waals surface area contributed by atoms with Crippen molar-refractivity contribution in [3.63, 3.8) is 0 Å². The van der Waals surface area contributed by atoms with Crippen LogP contribution >= 0.6 is 0 Å². The summed E-state index contributed by atoms with van der Waals surface area (Å²) < 4.78 is 0. The average Bonchev–Trinajstić information content (AvgIpc) is 2.29. The average molecular weight is 221 g/mol. The number of aryl methyl sites for hydroxylation is 1. The molecule has 16 heavy (non-hydrogen) atoms. The molecule has 1 rings (SSSR count). The fourth-order valence-electron chi connectivity index (χ4n) is 1.74. The second-order valence-electron chi connectivity index (χ2n) is 4.40. The summed E-state index contributed by atoms with van der Waals surface area (Å²) in [6.45, 7) is 6.42. The topological polar surface area (TPSA) is 32.3 Å². The molecular formula is C14H23NO. The van der Waals surface area contributed by atoms with E-state index in [1.54, 1.807) is 0 Å². The van der Waals surface area contributed by atoms with Crippen molar-refractivity contribution in [1.82, 2.24) is 5.32 Å². The Balaban J connectivity index is 2.20. The van der Waals surface area contributed by atoms with Gasteiger partial charge in [0.15, 0.2) is 0 Å². The van der Waals surface area contributed by atoms with Crippen molar-refractivity contribution in [3.05, 3.63) is 35.4 Å². The van der Waals surface area contributed by atoms with Crippen LogP contribution in [0.2, 0.25) is 0 Å². The molecule has 2 N–H and O–H groups in total. The van der Waals surface area contributed by atoms with Gasteiger partial charge in [-0.05, 0) is 37.8 Å². The van der Waals surface area contributed by atoms with Crippen molar-refractivity contribution in [1.29, 1.82) is 0 Å². The lowest BCUT2D eigenvalue weighted by Crippen LogP contribution is -2.26. The van der Waals surface area contributed by atoms with Crippen LogP contribution in [0.15, 0.2) is 24.3 Å². The van der Waals surface area contributed by atoms with Gasteiger partial charge in [0, 0.05) is 13.2 Å². The van der Waals surface area contributed by atoms with E-state index >= 15 is 0 Å². The van der Waals surface area contributed by atoms with Crippen LogP contribution < -0.4 is 5.32 Å². The van der Waals surface area contributed by atoms with E-state index in [2.05, 4.69) is 43.4 Å². The molecule has 0 radical (unpaired) electrons. The van der Waals surface area contributed by atoms with Gasteiger partial charge in [0.1, 0.15) is 0 Å². The maximum atomic E-state index is 9.04. The predicted molar refractivity (Wildman–Crippen MR) is 68.6 cm³/mol. The zero-order chi connectivity index (χ0) is 11.8. The van der Waals surface area contributed by atoms with Gasteiger partial charge in [-0.15, -0.1) is 0 Å². The van der Waals surface area contributed by atoms with Crippen LogP contribution in [0.4, 0.5) is 0 Å². The first-order chi connectivity index (χ1) is 7.76. The molecule has 1 unspecified atom stereocenters. The van der Waals surface area contributed by atoms with Gasteiger partial charge in [-0.1, -0.05) is 36.8 Å². The Morgan fingerprint density at radius 3 is 2.81 bits per heavy atom. The molecule has 0 aliphatic rings. The van der Waals surface area contributed by atoms with Crippen LogP contribution in [0, 0.1) is 12.8 Å². The number of aliphatic hydroxyl groups is 1. The molecule has 0 heterocycles. The predicted octanol–water partition coefficient (Wildman–Crippen LogP) is 2.15. The van der Waals surface area contributed by atoms with Crippen molar-refractivity contribution >= 4 is 0 Å². The number of nitrogens with one attached hydrogen (secondary N) is 1. The third kappa shape index (κ3) is 4.77. The van der Waals surface area contributed by atoms with E-state index < -0.39 is 0 Å². The summed E-state index contributed by atoms with van der Waals surface area (Å²) in [5.41, 5.74) is 2.70.